The highest BCUT2D eigenvalue weighted by molar-refractivity contribution is 7.92. The van der Waals surface area contributed by atoms with Crippen LogP contribution in [-0.2, 0) is 26.7 Å². The topological polar surface area (TPSA) is 57.7 Å². The van der Waals surface area contributed by atoms with Crippen molar-refractivity contribution in [3.05, 3.63) is 53.6 Å². The summed E-state index contributed by atoms with van der Waals surface area (Å²) in [6.45, 7) is 6.71. The molecule has 2 heterocycles. The van der Waals surface area contributed by atoms with Crippen LogP contribution in [-0.4, -0.2) is 26.9 Å². The van der Waals surface area contributed by atoms with Gasteiger partial charge in [-0.2, -0.15) is 0 Å². The minimum absolute atomic E-state index is 0.119. The molecule has 29 heavy (non-hydrogen) atoms. The number of carbonyl (C=O) groups is 1. The van der Waals surface area contributed by atoms with E-state index in [1.807, 2.05) is 42.2 Å². The van der Waals surface area contributed by atoms with Crippen molar-refractivity contribution >= 4 is 27.3 Å². The van der Waals surface area contributed by atoms with Crippen molar-refractivity contribution in [3.8, 4) is 0 Å². The number of carbonyl (C=O) groups excluding carboxylic acids is 1. The van der Waals surface area contributed by atoms with E-state index in [0.29, 0.717) is 11.4 Å². The molecule has 1 fully saturated rings. The van der Waals surface area contributed by atoms with Crippen LogP contribution in [0, 0.1) is 5.92 Å². The fraction of sp³-hybridized carbons (Fsp3) is 0.435. The van der Waals surface area contributed by atoms with Crippen molar-refractivity contribution in [2.45, 2.75) is 56.4 Å². The molecule has 0 saturated heterocycles. The van der Waals surface area contributed by atoms with Crippen LogP contribution in [0.4, 0.5) is 11.4 Å². The smallest absolute Gasteiger partial charge is 0.264 e. The van der Waals surface area contributed by atoms with Crippen molar-refractivity contribution in [2.75, 3.05) is 15.7 Å². The van der Waals surface area contributed by atoms with Gasteiger partial charge >= 0.3 is 0 Å². The minimum atomic E-state index is -3.68. The number of anilines is 2. The fourth-order valence-electron chi connectivity index (χ4n) is 4.78. The molecule has 0 aromatic heterocycles. The van der Waals surface area contributed by atoms with Crippen molar-refractivity contribution in [2.24, 2.45) is 5.92 Å². The van der Waals surface area contributed by atoms with Crippen LogP contribution in [0.15, 0.2) is 47.4 Å². The second-order valence-corrected chi connectivity index (χ2v) is 11.1. The molecule has 0 radical (unpaired) electrons. The average Bonchev–Trinajstić information content (AvgIpc) is 3.41. The maximum Gasteiger partial charge on any atom is 0.264 e. The summed E-state index contributed by atoms with van der Waals surface area (Å²) in [4.78, 5) is 14.9. The lowest BCUT2D eigenvalue weighted by molar-refractivity contribution is -0.119. The molecule has 5 rings (SSSR count). The zero-order chi connectivity index (χ0) is 20.6. The second kappa shape index (κ2) is 6.08. The van der Waals surface area contributed by atoms with Gasteiger partial charge in [0.15, 0.2) is 0 Å². The Labute approximate surface area is 172 Å². The van der Waals surface area contributed by atoms with Gasteiger partial charge < -0.3 is 4.90 Å². The van der Waals surface area contributed by atoms with Gasteiger partial charge in [-0.25, -0.2) is 8.42 Å². The SMILES string of the molecule is CC1Cc2ccccc2N1S(=O)(=O)c1ccc2c(c1)C(C)(C)CN2C(=O)C1CC1. The lowest BCUT2D eigenvalue weighted by atomic mass is 9.87. The summed E-state index contributed by atoms with van der Waals surface area (Å²) in [6, 6.07) is 12.9. The van der Waals surface area contributed by atoms with Gasteiger partial charge in [-0.05, 0) is 61.6 Å². The van der Waals surface area contributed by atoms with Gasteiger partial charge in [-0.1, -0.05) is 32.0 Å². The average molecular weight is 411 g/mol. The Morgan fingerprint density at radius 2 is 1.79 bits per heavy atom. The van der Waals surface area contributed by atoms with Crippen LogP contribution in [0.3, 0.4) is 0 Å². The van der Waals surface area contributed by atoms with E-state index in [0.717, 1.165) is 41.8 Å². The summed E-state index contributed by atoms with van der Waals surface area (Å²) in [7, 11) is -3.68. The summed E-state index contributed by atoms with van der Waals surface area (Å²) in [5.74, 6) is 0.316. The summed E-state index contributed by atoms with van der Waals surface area (Å²) in [5.41, 5.74) is 3.35. The lowest BCUT2D eigenvalue weighted by Crippen LogP contribution is -2.35. The van der Waals surface area contributed by atoms with Crippen molar-refractivity contribution < 1.29 is 13.2 Å². The monoisotopic (exact) mass is 410 g/mol. The molecule has 2 aromatic rings. The molecule has 3 aliphatic rings. The highest BCUT2D eigenvalue weighted by Gasteiger charge is 2.44. The Balaban J connectivity index is 1.57. The molecule has 6 heteroatoms. The fourth-order valence-corrected chi connectivity index (χ4v) is 6.50. The quantitative estimate of drug-likeness (QED) is 0.772. The zero-order valence-electron chi connectivity index (χ0n) is 17.1. The van der Waals surface area contributed by atoms with Gasteiger partial charge in [0, 0.05) is 29.6 Å². The van der Waals surface area contributed by atoms with Crippen molar-refractivity contribution in [1.29, 1.82) is 0 Å². The molecule has 1 atom stereocenters. The molecule has 0 spiro atoms. The molecule has 2 aromatic carbocycles. The summed E-state index contributed by atoms with van der Waals surface area (Å²) in [6.07, 6.45) is 2.64. The van der Waals surface area contributed by atoms with Crippen LogP contribution >= 0.6 is 0 Å². The number of para-hydroxylation sites is 1. The van der Waals surface area contributed by atoms with Crippen LogP contribution in [0.2, 0.25) is 0 Å². The number of hydrogen-bond acceptors (Lipinski definition) is 3. The van der Waals surface area contributed by atoms with Gasteiger partial charge in [0.2, 0.25) is 5.91 Å². The molecule has 5 nitrogen and oxygen atoms in total. The first-order valence-corrected chi connectivity index (χ1v) is 11.7. The van der Waals surface area contributed by atoms with E-state index in [1.165, 1.54) is 0 Å². The Bertz CT molecular complexity index is 1120. The van der Waals surface area contributed by atoms with Gasteiger partial charge in [-0.15, -0.1) is 0 Å². The molecular formula is C23H26N2O3S. The van der Waals surface area contributed by atoms with Gasteiger partial charge in [-0.3, -0.25) is 9.10 Å². The summed E-state index contributed by atoms with van der Waals surface area (Å²) >= 11 is 0. The molecule has 0 N–H and O–H groups in total. The Hall–Kier alpha value is -2.34. The normalized spacial score (nSPS) is 22.5. The maximum absolute atomic E-state index is 13.6. The number of benzene rings is 2. The number of nitrogens with zero attached hydrogens (tertiary/aromatic N) is 2. The largest absolute Gasteiger partial charge is 0.311 e. The third-order valence-corrected chi connectivity index (χ3v) is 8.36. The number of hydrogen-bond donors (Lipinski definition) is 0. The van der Waals surface area contributed by atoms with E-state index >= 15 is 0 Å². The Morgan fingerprint density at radius 3 is 2.52 bits per heavy atom. The van der Waals surface area contributed by atoms with Crippen molar-refractivity contribution in [3.63, 3.8) is 0 Å². The van der Waals surface area contributed by atoms with Crippen LogP contribution in [0.1, 0.15) is 44.7 Å². The third-order valence-electron chi connectivity index (χ3n) is 6.44. The first kappa shape index (κ1) is 18.7. The molecule has 1 unspecified atom stereocenters. The summed E-state index contributed by atoms with van der Waals surface area (Å²) < 4.78 is 28.7. The van der Waals surface area contributed by atoms with E-state index in [9.17, 15) is 13.2 Å². The molecule has 152 valence electrons. The van der Waals surface area contributed by atoms with E-state index in [-0.39, 0.29) is 23.3 Å². The van der Waals surface area contributed by atoms with Crippen LogP contribution < -0.4 is 9.21 Å². The number of sulfonamides is 1. The number of rotatable bonds is 3. The van der Waals surface area contributed by atoms with Gasteiger partial charge in [0.25, 0.3) is 10.0 Å². The minimum Gasteiger partial charge on any atom is -0.311 e. The number of fused-ring (bicyclic) bond motifs is 2. The van der Waals surface area contributed by atoms with E-state index in [2.05, 4.69) is 13.8 Å². The molecule has 1 saturated carbocycles. The third kappa shape index (κ3) is 2.80. The number of amides is 1. The van der Waals surface area contributed by atoms with E-state index < -0.39 is 10.0 Å². The Morgan fingerprint density at radius 1 is 1.07 bits per heavy atom. The standard InChI is InChI=1S/C23H26N2O3S/c1-15-12-17-6-4-5-7-20(17)25(15)29(27,28)18-10-11-21-19(13-18)23(2,3)14-24(21)22(26)16-8-9-16/h4-7,10-11,13,15-16H,8-9,12,14H2,1-3H3. The molecule has 1 amide bonds. The molecule has 0 bridgehead atoms. The van der Waals surface area contributed by atoms with E-state index in [4.69, 9.17) is 0 Å². The first-order valence-electron chi connectivity index (χ1n) is 10.3. The highest BCUT2D eigenvalue weighted by atomic mass is 32.2. The highest BCUT2D eigenvalue weighted by Crippen LogP contribution is 2.45. The van der Waals surface area contributed by atoms with Crippen LogP contribution in [0.5, 0.6) is 0 Å². The first-order chi connectivity index (χ1) is 13.7. The van der Waals surface area contributed by atoms with E-state index in [1.54, 1.807) is 16.4 Å². The van der Waals surface area contributed by atoms with Gasteiger partial charge in [0.05, 0.1) is 10.6 Å². The summed E-state index contributed by atoms with van der Waals surface area (Å²) in [5, 5.41) is 0. The van der Waals surface area contributed by atoms with Gasteiger partial charge in [0.1, 0.15) is 0 Å². The molecule has 2 aliphatic heterocycles. The zero-order valence-corrected chi connectivity index (χ0v) is 17.9. The predicted octanol–water partition coefficient (Wildman–Crippen LogP) is 3.86. The lowest BCUT2D eigenvalue weighted by Gasteiger charge is -2.25. The van der Waals surface area contributed by atoms with Crippen LogP contribution in [0.25, 0.3) is 0 Å². The molecular weight excluding hydrogens is 384 g/mol. The van der Waals surface area contributed by atoms with Crippen molar-refractivity contribution in [1.82, 2.24) is 0 Å². The second-order valence-electron chi connectivity index (χ2n) is 9.24. The molecule has 1 aliphatic carbocycles. The predicted molar refractivity (Wildman–Crippen MR) is 114 cm³/mol. The maximum atomic E-state index is 13.6. The Kier molecular flexibility index (Phi) is 3.92.